The number of hydrogen-bond acceptors (Lipinski definition) is 2. The van der Waals surface area contributed by atoms with Crippen molar-refractivity contribution in [3.8, 4) is 0 Å². The Morgan fingerprint density at radius 2 is 1.95 bits per heavy atom. The molecule has 1 aliphatic rings. The number of aliphatic carboxylic acids is 1. The molecule has 1 heterocycles. The Labute approximate surface area is 121 Å². The molecule has 0 aliphatic carbocycles. The number of halogens is 2. The van der Waals surface area contributed by atoms with Gasteiger partial charge in [-0.1, -0.05) is 17.7 Å². The smallest absolute Gasteiger partial charge is 0.306 e. The molecule has 6 heteroatoms. The van der Waals surface area contributed by atoms with Crippen molar-refractivity contribution in [3.05, 3.63) is 34.1 Å². The average Bonchev–Trinajstić information content (AvgIpc) is 2.44. The van der Waals surface area contributed by atoms with E-state index in [4.69, 9.17) is 16.7 Å². The van der Waals surface area contributed by atoms with Crippen LogP contribution in [0.2, 0.25) is 5.02 Å². The lowest BCUT2D eigenvalue weighted by molar-refractivity contribution is -0.143. The van der Waals surface area contributed by atoms with Gasteiger partial charge in [-0.2, -0.15) is 0 Å². The molecule has 0 saturated carbocycles. The van der Waals surface area contributed by atoms with Crippen molar-refractivity contribution in [1.29, 1.82) is 0 Å². The van der Waals surface area contributed by atoms with Crippen LogP contribution in [0.4, 0.5) is 4.39 Å². The summed E-state index contributed by atoms with van der Waals surface area (Å²) in [5.41, 5.74) is 0.514. The lowest BCUT2D eigenvalue weighted by atomic mass is 9.96. The maximum Gasteiger partial charge on any atom is 0.306 e. The summed E-state index contributed by atoms with van der Waals surface area (Å²) in [5.74, 6) is -2.42. The molecule has 0 unspecified atom stereocenters. The summed E-state index contributed by atoms with van der Waals surface area (Å²) in [6.07, 6.45) is 0.782. The fourth-order valence-electron chi connectivity index (χ4n) is 2.31. The Balaban J connectivity index is 2.14. The van der Waals surface area contributed by atoms with Gasteiger partial charge in [0.2, 0.25) is 0 Å². The number of amides is 1. The SMILES string of the molecule is Cc1ccc(C(=O)N2CCC(C(=O)O)CC2)c(F)c1Cl. The summed E-state index contributed by atoms with van der Waals surface area (Å²) in [7, 11) is 0. The van der Waals surface area contributed by atoms with Gasteiger partial charge in [0.15, 0.2) is 5.82 Å². The van der Waals surface area contributed by atoms with E-state index in [-0.39, 0.29) is 10.6 Å². The minimum absolute atomic E-state index is 0.0451. The number of hydrogen-bond donors (Lipinski definition) is 1. The Bertz CT molecular complexity index is 554. The number of carbonyl (C=O) groups is 2. The molecule has 1 aliphatic heterocycles. The van der Waals surface area contributed by atoms with Gasteiger partial charge in [0.1, 0.15) is 0 Å². The zero-order chi connectivity index (χ0) is 14.9. The van der Waals surface area contributed by atoms with Crippen LogP contribution < -0.4 is 0 Å². The molecule has 0 spiro atoms. The van der Waals surface area contributed by atoms with E-state index >= 15 is 0 Å². The summed E-state index contributed by atoms with van der Waals surface area (Å²) in [6.45, 7) is 2.31. The van der Waals surface area contributed by atoms with E-state index in [1.165, 1.54) is 11.0 Å². The number of nitrogens with zero attached hydrogens (tertiary/aromatic N) is 1. The molecule has 1 aromatic carbocycles. The molecule has 2 rings (SSSR count). The molecule has 1 saturated heterocycles. The number of aryl methyl sites for hydroxylation is 1. The summed E-state index contributed by atoms with van der Waals surface area (Å²) < 4.78 is 14.0. The second-order valence-corrected chi connectivity index (χ2v) is 5.34. The minimum atomic E-state index is -0.846. The Morgan fingerprint density at radius 1 is 1.35 bits per heavy atom. The Morgan fingerprint density at radius 3 is 2.50 bits per heavy atom. The lowest BCUT2D eigenvalue weighted by Gasteiger charge is -2.30. The van der Waals surface area contributed by atoms with Gasteiger partial charge in [-0.25, -0.2) is 4.39 Å². The molecule has 1 aromatic rings. The number of piperidine rings is 1. The molecular weight excluding hydrogens is 285 g/mol. The lowest BCUT2D eigenvalue weighted by Crippen LogP contribution is -2.40. The predicted octanol–water partition coefficient (Wildman–Crippen LogP) is 2.72. The van der Waals surface area contributed by atoms with Crippen molar-refractivity contribution in [2.45, 2.75) is 19.8 Å². The topological polar surface area (TPSA) is 57.6 Å². The number of carboxylic acid groups (broad SMARTS) is 1. The van der Waals surface area contributed by atoms with Crippen LogP contribution in [0, 0.1) is 18.7 Å². The van der Waals surface area contributed by atoms with Gasteiger partial charge in [-0.15, -0.1) is 0 Å². The highest BCUT2D eigenvalue weighted by Crippen LogP contribution is 2.25. The highest BCUT2D eigenvalue weighted by molar-refractivity contribution is 6.31. The zero-order valence-corrected chi connectivity index (χ0v) is 11.8. The van der Waals surface area contributed by atoms with Crippen LogP contribution in [0.25, 0.3) is 0 Å². The van der Waals surface area contributed by atoms with E-state index in [0.29, 0.717) is 31.5 Å². The number of carbonyl (C=O) groups excluding carboxylic acids is 1. The fourth-order valence-corrected chi connectivity index (χ4v) is 2.48. The van der Waals surface area contributed by atoms with E-state index in [1.807, 2.05) is 0 Å². The van der Waals surface area contributed by atoms with E-state index in [9.17, 15) is 14.0 Å². The third kappa shape index (κ3) is 2.77. The summed E-state index contributed by atoms with van der Waals surface area (Å²) in [6, 6.07) is 3.02. The average molecular weight is 300 g/mol. The normalized spacial score (nSPS) is 16.2. The first-order valence-corrected chi connectivity index (χ1v) is 6.76. The van der Waals surface area contributed by atoms with Gasteiger partial charge in [0.25, 0.3) is 5.91 Å². The van der Waals surface area contributed by atoms with Crippen molar-refractivity contribution in [2.75, 3.05) is 13.1 Å². The first kappa shape index (κ1) is 14.8. The number of benzene rings is 1. The molecule has 1 fully saturated rings. The molecule has 0 atom stereocenters. The van der Waals surface area contributed by atoms with E-state index in [2.05, 4.69) is 0 Å². The molecule has 20 heavy (non-hydrogen) atoms. The maximum absolute atomic E-state index is 14.0. The first-order chi connectivity index (χ1) is 9.41. The second-order valence-electron chi connectivity index (χ2n) is 4.96. The highest BCUT2D eigenvalue weighted by Gasteiger charge is 2.29. The van der Waals surface area contributed by atoms with Gasteiger partial charge in [-0.3, -0.25) is 9.59 Å². The fraction of sp³-hybridized carbons (Fsp3) is 0.429. The van der Waals surface area contributed by atoms with Crippen molar-refractivity contribution >= 4 is 23.5 Å². The van der Waals surface area contributed by atoms with Crippen molar-refractivity contribution in [2.24, 2.45) is 5.92 Å². The van der Waals surface area contributed by atoms with Crippen LogP contribution in [0.15, 0.2) is 12.1 Å². The predicted molar refractivity (Wildman–Crippen MR) is 72.4 cm³/mol. The number of rotatable bonds is 2. The van der Waals surface area contributed by atoms with Crippen LogP contribution in [-0.2, 0) is 4.79 Å². The second kappa shape index (κ2) is 5.79. The van der Waals surface area contributed by atoms with Crippen LogP contribution >= 0.6 is 11.6 Å². The molecule has 108 valence electrons. The molecule has 0 bridgehead atoms. The first-order valence-electron chi connectivity index (χ1n) is 6.38. The highest BCUT2D eigenvalue weighted by atomic mass is 35.5. The molecule has 4 nitrogen and oxygen atoms in total. The van der Waals surface area contributed by atoms with Gasteiger partial charge in [0.05, 0.1) is 16.5 Å². The van der Waals surface area contributed by atoms with Crippen molar-refractivity contribution in [3.63, 3.8) is 0 Å². The largest absolute Gasteiger partial charge is 0.481 e. The van der Waals surface area contributed by atoms with Crippen LogP contribution in [0.1, 0.15) is 28.8 Å². The van der Waals surface area contributed by atoms with Crippen LogP contribution in [0.3, 0.4) is 0 Å². The monoisotopic (exact) mass is 299 g/mol. The van der Waals surface area contributed by atoms with E-state index in [0.717, 1.165) is 0 Å². The summed E-state index contributed by atoms with van der Waals surface area (Å²) in [5, 5.41) is 8.87. The molecule has 0 radical (unpaired) electrons. The Kier molecular flexibility index (Phi) is 4.28. The summed E-state index contributed by atoms with van der Waals surface area (Å²) >= 11 is 5.81. The van der Waals surface area contributed by atoms with Crippen molar-refractivity contribution < 1.29 is 19.1 Å². The quantitative estimate of drug-likeness (QED) is 0.913. The maximum atomic E-state index is 14.0. The third-order valence-corrected chi connectivity index (χ3v) is 4.10. The van der Waals surface area contributed by atoms with Gasteiger partial charge in [-0.05, 0) is 31.4 Å². The molecule has 1 amide bonds. The standard InChI is InChI=1S/C14H15ClFNO3/c1-8-2-3-10(12(16)11(8)15)13(18)17-6-4-9(5-7-17)14(19)20/h2-3,9H,4-7H2,1H3,(H,19,20). The van der Waals surface area contributed by atoms with E-state index in [1.54, 1.807) is 13.0 Å². The van der Waals surface area contributed by atoms with Crippen LogP contribution in [0.5, 0.6) is 0 Å². The number of carboxylic acids is 1. The van der Waals surface area contributed by atoms with Crippen molar-refractivity contribution in [1.82, 2.24) is 4.90 Å². The minimum Gasteiger partial charge on any atom is -0.481 e. The van der Waals surface area contributed by atoms with E-state index < -0.39 is 23.6 Å². The van der Waals surface area contributed by atoms with Gasteiger partial charge < -0.3 is 10.0 Å². The van der Waals surface area contributed by atoms with Crippen LogP contribution in [-0.4, -0.2) is 35.0 Å². The molecular formula is C14H15ClFNO3. The van der Waals surface area contributed by atoms with Gasteiger partial charge in [0, 0.05) is 13.1 Å². The third-order valence-electron chi connectivity index (χ3n) is 3.64. The Hall–Kier alpha value is -1.62. The molecule has 1 N–H and O–H groups in total. The zero-order valence-electron chi connectivity index (χ0n) is 11.0. The molecule has 0 aromatic heterocycles. The number of likely N-dealkylation sites (tertiary alicyclic amines) is 1. The van der Waals surface area contributed by atoms with Gasteiger partial charge >= 0.3 is 5.97 Å². The summed E-state index contributed by atoms with van der Waals surface area (Å²) in [4.78, 5) is 24.6.